The zero-order valence-electron chi connectivity index (χ0n) is 14.0. The molecule has 0 aromatic heterocycles. The van der Waals surface area contributed by atoms with Crippen LogP contribution in [-0.4, -0.2) is 49.1 Å². The molecule has 1 aromatic carbocycles. The maximum absolute atomic E-state index is 9.56. The summed E-state index contributed by atoms with van der Waals surface area (Å²) in [7, 11) is 0. The van der Waals surface area contributed by atoms with E-state index in [0.717, 1.165) is 50.6 Å². The van der Waals surface area contributed by atoms with Gasteiger partial charge in [0.15, 0.2) is 0 Å². The van der Waals surface area contributed by atoms with Crippen LogP contribution in [0.1, 0.15) is 32.4 Å². The summed E-state index contributed by atoms with van der Waals surface area (Å²) in [5.41, 5.74) is 1.06. The van der Waals surface area contributed by atoms with Gasteiger partial charge in [-0.3, -0.25) is 4.90 Å². The molecular weight excluding hydrogens is 274 g/mol. The van der Waals surface area contributed by atoms with Gasteiger partial charge < -0.3 is 9.64 Å². The third-order valence-corrected chi connectivity index (χ3v) is 4.12. The molecule has 1 unspecified atom stereocenters. The maximum atomic E-state index is 9.56. The third-order valence-electron chi connectivity index (χ3n) is 4.12. The Hall–Kier alpha value is -1.57. The predicted molar refractivity (Wildman–Crippen MR) is 88.8 cm³/mol. The lowest BCUT2D eigenvalue weighted by Crippen LogP contribution is -2.47. The Labute approximate surface area is 134 Å². The fourth-order valence-electron chi connectivity index (χ4n) is 2.71. The first kappa shape index (κ1) is 16.8. The number of rotatable bonds is 6. The quantitative estimate of drug-likeness (QED) is 0.810. The highest BCUT2D eigenvalue weighted by Crippen LogP contribution is 2.24. The molecule has 1 aliphatic heterocycles. The van der Waals surface area contributed by atoms with Crippen molar-refractivity contribution in [3.8, 4) is 11.8 Å². The molecule has 4 heteroatoms. The molecule has 0 spiro atoms. The van der Waals surface area contributed by atoms with Gasteiger partial charge in [-0.15, -0.1) is 0 Å². The Morgan fingerprint density at radius 2 is 1.77 bits per heavy atom. The zero-order chi connectivity index (χ0) is 15.9. The molecule has 0 bridgehead atoms. The van der Waals surface area contributed by atoms with Crippen molar-refractivity contribution >= 4 is 0 Å². The molecule has 0 N–H and O–H groups in total. The minimum Gasteiger partial charge on any atom is -0.493 e. The fraction of sp³-hybridized carbons (Fsp3) is 0.611. The smallest absolute Gasteiger partial charge is 0.123 e. The molecule has 4 nitrogen and oxygen atoms in total. The van der Waals surface area contributed by atoms with Crippen LogP contribution >= 0.6 is 0 Å². The average Bonchev–Trinajstić information content (AvgIpc) is 2.55. The van der Waals surface area contributed by atoms with Crippen molar-refractivity contribution in [2.24, 2.45) is 5.92 Å². The Balaban J connectivity index is 1.98. The van der Waals surface area contributed by atoms with Crippen LogP contribution in [0.5, 0.6) is 5.75 Å². The molecule has 1 heterocycles. The number of nitrogens with zero attached hydrogens (tertiary/aromatic N) is 3. The standard InChI is InChI=1S/C18H27N3O/c1-4-20-9-11-21(12-10-20)18(13-19)16-5-7-17(8-6-16)22-14-15(2)3/h5-8,15,18H,4,9-12,14H2,1-3H3. The summed E-state index contributed by atoms with van der Waals surface area (Å²) in [4.78, 5) is 4.70. The van der Waals surface area contributed by atoms with E-state index in [1.807, 2.05) is 24.3 Å². The number of piperazine rings is 1. The van der Waals surface area contributed by atoms with E-state index in [9.17, 15) is 5.26 Å². The van der Waals surface area contributed by atoms with E-state index in [1.54, 1.807) is 0 Å². The van der Waals surface area contributed by atoms with Gasteiger partial charge in [-0.25, -0.2) is 0 Å². The van der Waals surface area contributed by atoms with Gasteiger partial charge in [0.2, 0.25) is 0 Å². The number of likely N-dealkylation sites (N-methyl/N-ethyl adjacent to an activating group) is 1. The second kappa shape index (κ2) is 8.17. The van der Waals surface area contributed by atoms with E-state index < -0.39 is 0 Å². The SMILES string of the molecule is CCN1CCN(C(C#N)c2ccc(OCC(C)C)cc2)CC1. The first-order chi connectivity index (χ1) is 10.6. The van der Waals surface area contributed by atoms with E-state index in [1.165, 1.54) is 0 Å². The lowest BCUT2D eigenvalue weighted by Gasteiger charge is -2.36. The molecule has 22 heavy (non-hydrogen) atoms. The highest BCUT2D eigenvalue weighted by atomic mass is 16.5. The van der Waals surface area contributed by atoms with E-state index >= 15 is 0 Å². The number of ether oxygens (including phenoxy) is 1. The molecule has 1 atom stereocenters. The molecule has 0 saturated carbocycles. The molecule has 2 rings (SSSR count). The van der Waals surface area contributed by atoms with Crippen LogP contribution in [0.4, 0.5) is 0 Å². The molecular formula is C18H27N3O. The molecule has 0 aliphatic carbocycles. The van der Waals surface area contributed by atoms with Gasteiger partial charge >= 0.3 is 0 Å². The Morgan fingerprint density at radius 3 is 2.27 bits per heavy atom. The van der Waals surface area contributed by atoms with Gasteiger partial charge in [-0.1, -0.05) is 32.9 Å². The number of hydrogen-bond donors (Lipinski definition) is 0. The van der Waals surface area contributed by atoms with Crippen LogP contribution in [0.2, 0.25) is 0 Å². The highest BCUT2D eigenvalue weighted by Gasteiger charge is 2.24. The minimum absolute atomic E-state index is 0.154. The lowest BCUT2D eigenvalue weighted by atomic mass is 10.1. The summed E-state index contributed by atoms with van der Waals surface area (Å²) in [6.07, 6.45) is 0. The topological polar surface area (TPSA) is 39.5 Å². The van der Waals surface area contributed by atoms with E-state index in [-0.39, 0.29) is 6.04 Å². The second-order valence-corrected chi connectivity index (χ2v) is 6.28. The molecule has 1 fully saturated rings. The molecule has 0 radical (unpaired) electrons. The molecule has 120 valence electrons. The van der Waals surface area contributed by atoms with Crippen LogP contribution < -0.4 is 4.74 Å². The largest absolute Gasteiger partial charge is 0.493 e. The summed E-state index contributed by atoms with van der Waals surface area (Å²) >= 11 is 0. The number of benzene rings is 1. The van der Waals surface area contributed by atoms with E-state index in [4.69, 9.17) is 4.74 Å². The zero-order valence-corrected chi connectivity index (χ0v) is 14.0. The van der Waals surface area contributed by atoms with Gasteiger partial charge in [0.1, 0.15) is 11.8 Å². The monoisotopic (exact) mass is 301 g/mol. The number of nitriles is 1. The highest BCUT2D eigenvalue weighted by molar-refractivity contribution is 5.31. The lowest BCUT2D eigenvalue weighted by molar-refractivity contribution is 0.118. The Bertz CT molecular complexity index is 484. The number of hydrogen-bond acceptors (Lipinski definition) is 4. The summed E-state index contributed by atoms with van der Waals surface area (Å²) in [6, 6.07) is 10.3. The van der Waals surface area contributed by atoms with Gasteiger partial charge in [0.05, 0.1) is 12.7 Å². The Kier molecular flexibility index (Phi) is 6.23. The van der Waals surface area contributed by atoms with Crippen molar-refractivity contribution in [2.45, 2.75) is 26.8 Å². The van der Waals surface area contributed by atoms with Crippen LogP contribution in [-0.2, 0) is 0 Å². The van der Waals surface area contributed by atoms with Gasteiger partial charge in [0.25, 0.3) is 0 Å². The summed E-state index contributed by atoms with van der Waals surface area (Å²) in [6.45, 7) is 12.3. The summed E-state index contributed by atoms with van der Waals surface area (Å²) < 4.78 is 5.71. The van der Waals surface area contributed by atoms with Crippen LogP contribution in [0.3, 0.4) is 0 Å². The fourth-order valence-corrected chi connectivity index (χ4v) is 2.71. The summed E-state index contributed by atoms with van der Waals surface area (Å²) in [5.74, 6) is 1.39. The van der Waals surface area contributed by atoms with E-state index in [0.29, 0.717) is 5.92 Å². The van der Waals surface area contributed by atoms with Crippen molar-refractivity contribution in [2.75, 3.05) is 39.3 Å². The normalized spacial score (nSPS) is 18.1. The second-order valence-electron chi connectivity index (χ2n) is 6.28. The van der Waals surface area contributed by atoms with Crippen molar-refractivity contribution in [3.05, 3.63) is 29.8 Å². The van der Waals surface area contributed by atoms with Gasteiger partial charge in [-0.05, 0) is 30.2 Å². The minimum atomic E-state index is -0.154. The molecule has 1 aromatic rings. The van der Waals surface area contributed by atoms with Crippen LogP contribution in [0, 0.1) is 17.2 Å². The predicted octanol–water partition coefficient (Wildman–Crippen LogP) is 2.92. The average molecular weight is 301 g/mol. The van der Waals surface area contributed by atoms with E-state index in [2.05, 4.69) is 36.6 Å². The van der Waals surface area contributed by atoms with Crippen LogP contribution in [0.15, 0.2) is 24.3 Å². The first-order valence-corrected chi connectivity index (χ1v) is 8.22. The summed E-state index contributed by atoms with van der Waals surface area (Å²) in [5, 5.41) is 9.56. The van der Waals surface area contributed by atoms with Crippen molar-refractivity contribution in [3.63, 3.8) is 0 Å². The Morgan fingerprint density at radius 1 is 1.14 bits per heavy atom. The first-order valence-electron chi connectivity index (χ1n) is 8.22. The molecule has 0 amide bonds. The third kappa shape index (κ3) is 4.46. The van der Waals surface area contributed by atoms with Gasteiger partial charge in [-0.2, -0.15) is 5.26 Å². The van der Waals surface area contributed by atoms with Crippen molar-refractivity contribution in [1.82, 2.24) is 9.80 Å². The molecule has 1 saturated heterocycles. The van der Waals surface area contributed by atoms with Crippen molar-refractivity contribution < 1.29 is 4.74 Å². The van der Waals surface area contributed by atoms with Crippen molar-refractivity contribution in [1.29, 1.82) is 5.26 Å². The van der Waals surface area contributed by atoms with Gasteiger partial charge in [0, 0.05) is 26.2 Å². The molecule has 1 aliphatic rings. The maximum Gasteiger partial charge on any atom is 0.123 e. The van der Waals surface area contributed by atoms with Crippen LogP contribution in [0.25, 0.3) is 0 Å².